The van der Waals surface area contributed by atoms with E-state index < -0.39 is 17.8 Å². The molecule has 2 N–H and O–H groups in total. The molecule has 1 spiro atoms. The smallest absolute Gasteiger partial charge is 0.337 e. The van der Waals surface area contributed by atoms with E-state index in [0.29, 0.717) is 12.3 Å². The first-order chi connectivity index (χ1) is 15.2. The fourth-order valence-corrected chi connectivity index (χ4v) is 6.52. The van der Waals surface area contributed by atoms with Crippen molar-refractivity contribution in [3.8, 4) is 0 Å². The summed E-state index contributed by atoms with van der Waals surface area (Å²) in [6, 6.07) is 4.17. The van der Waals surface area contributed by atoms with Crippen LogP contribution in [0.2, 0.25) is 0 Å². The number of carbonyl (C=O) groups excluding carboxylic acids is 2. The van der Waals surface area contributed by atoms with Crippen molar-refractivity contribution in [1.82, 2.24) is 10.2 Å². The maximum atomic E-state index is 13.0. The van der Waals surface area contributed by atoms with Crippen LogP contribution in [0.4, 0.5) is 23.7 Å². The second-order valence-corrected chi connectivity index (χ2v) is 9.53. The van der Waals surface area contributed by atoms with Crippen molar-refractivity contribution in [2.75, 3.05) is 11.9 Å². The van der Waals surface area contributed by atoms with Gasteiger partial charge in [0.15, 0.2) is 0 Å². The van der Waals surface area contributed by atoms with Crippen molar-refractivity contribution in [3.63, 3.8) is 0 Å². The number of hydrogen-bond donors (Lipinski definition) is 2. The number of hydrogen-bond acceptors (Lipinski definition) is 2. The van der Waals surface area contributed by atoms with Gasteiger partial charge in [-0.05, 0) is 75.0 Å². The van der Waals surface area contributed by atoms with E-state index in [9.17, 15) is 22.8 Å². The Morgan fingerprint density at radius 3 is 2.78 bits per heavy atom. The van der Waals surface area contributed by atoms with E-state index >= 15 is 0 Å². The van der Waals surface area contributed by atoms with Gasteiger partial charge in [-0.25, -0.2) is 4.79 Å². The molecule has 32 heavy (non-hydrogen) atoms. The highest BCUT2D eigenvalue weighted by Gasteiger charge is 2.55. The molecule has 2 heterocycles. The summed E-state index contributed by atoms with van der Waals surface area (Å²) in [5, 5.41) is 5.65. The zero-order chi connectivity index (χ0) is 22.9. The van der Waals surface area contributed by atoms with Crippen molar-refractivity contribution in [2.24, 2.45) is 11.8 Å². The van der Waals surface area contributed by atoms with Crippen LogP contribution in [-0.4, -0.2) is 35.0 Å². The minimum atomic E-state index is -4.46. The van der Waals surface area contributed by atoms with Crippen LogP contribution < -0.4 is 10.6 Å². The average Bonchev–Trinajstić information content (AvgIpc) is 3.10. The Balaban J connectivity index is 1.49. The van der Waals surface area contributed by atoms with Crippen LogP contribution in [0.3, 0.4) is 0 Å². The minimum Gasteiger partial charge on any atom is -0.337 e. The highest BCUT2D eigenvalue weighted by atomic mass is 19.4. The third kappa shape index (κ3) is 4.33. The first-order valence-corrected chi connectivity index (χ1v) is 11.8. The topological polar surface area (TPSA) is 61.4 Å². The Morgan fingerprint density at radius 2 is 2.03 bits per heavy atom. The number of nitrogens with one attached hydrogen (secondary N) is 2. The average molecular weight is 452 g/mol. The van der Waals surface area contributed by atoms with E-state index in [1.165, 1.54) is 12.1 Å². The van der Waals surface area contributed by atoms with Gasteiger partial charge in [0.1, 0.15) is 0 Å². The standard InChI is InChI=1S/C24H32F3N3O2/c1-2-6-18-19-9-4-10-21(31)30-14-5-12-23(19,30)13-11-20(18)29-22(32)28-17-8-3-7-16(15-17)24(25,26)27/h3,7-8,15,18-20H,2,4-6,9-14H2,1H3,(H2,28,29,32)/t18-,19+,20+,23-/m1/s1. The van der Waals surface area contributed by atoms with Crippen LogP contribution in [0.1, 0.15) is 70.3 Å². The van der Waals surface area contributed by atoms with Crippen molar-refractivity contribution in [3.05, 3.63) is 29.8 Å². The lowest BCUT2D eigenvalue weighted by Gasteiger charge is -2.53. The summed E-state index contributed by atoms with van der Waals surface area (Å²) in [6.07, 6.45) is 3.68. The van der Waals surface area contributed by atoms with E-state index in [2.05, 4.69) is 22.5 Å². The second-order valence-electron chi connectivity index (χ2n) is 9.53. The summed E-state index contributed by atoms with van der Waals surface area (Å²) in [7, 11) is 0. The molecule has 1 saturated carbocycles. The zero-order valence-corrected chi connectivity index (χ0v) is 18.5. The number of urea groups is 1. The predicted octanol–water partition coefficient (Wildman–Crippen LogP) is 5.57. The third-order valence-corrected chi connectivity index (χ3v) is 7.73. The molecule has 2 saturated heterocycles. The largest absolute Gasteiger partial charge is 0.416 e. The van der Waals surface area contributed by atoms with Gasteiger partial charge in [-0.1, -0.05) is 19.4 Å². The first-order valence-electron chi connectivity index (χ1n) is 11.8. The lowest BCUT2D eigenvalue weighted by Crippen LogP contribution is -2.60. The normalized spacial score (nSPS) is 30.3. The Morgan fingerprint density at radius 1 is 1.22 bits per heavy atom. The molecule has 0 aromatic heterocycles. The highest BCUT2D eigenvalue weighted by molar-refractivity contribution is 5.89. The maximum absolute atomic E-state index is 13.0. The molecule has 4 rings (SSSR count). The van der Waals surface area contributed by atoms with Gasteiger partial charge in [-0.2, -0.15) is 13.2 Å². The van der Waals surface area contributed by atoms with Gasteiger partial charge in [0.25, 0.3) is 0 Å². The molecule has 4 atom stereocenters. The fourth-order valence-electron chi connectivity index (χ4n) is 6.52. The summed E-state index contributed by atoms with van der Waals surface area (Å²) in [6.45, 7) is 2.97. The van der Waals surface area contributed by atoms with Crippen molar-refractivity contribution in [2.45, 2.75) is 82.5 Å². The zero-order valence-electron chi connectivity index (χ0n) is 18.5. The van der Waals surface area contributed by atoms with E-state index in [1.807, 2.05) is 0 Å². The molecule has 3 fully saturated rings. The molecule has 0 bridgehead atoms. The van der Waals surface area contributed by atoms with E-state index in [4.69, 9.17) is 0 Å². The molecule has 1 aliphatic carbocycles. The highest BCUT2D eigenvalue weighted by Crippen LogP contribution is 2.52. The predicted molar refractivity (Wildman–Crippen MR) is 116 cm³/mol. The fraction of sp³-hybridized carbons (Fsp3) is 0.667. The van der Waals surface area contributed by atoms with Gasteiger partial charge in [0.05, 0.1) is 5.56 Å². The summed E-state index contributed by atoms with van der Waals surface area (Å²) >= 11 is 0. The Kier molecular flexibility index (Phi) is 6.41. The Hall–Kier alpha value is -2.25. The molecule has 5 nitrogen and oxygen atoms in total. The van der Waals surface area contributed by atoms with Crippen LogP contribution in [0.5, 0.6) is 0 Å². The number of rotatable bonds is 4. The summed E-state index contributed by atoms with van der Waals surface area (Å²) < 4.78 is 38.9. The number of alkyl halides is 3. The van der Waals surface area contributed by atoms with Gasteiger partial charge in [-0.15, -0.1) is 0 Å². The molecule has 176 valence electrons. The van der Waals surface area contributed by atoms with Crippen molar-refractivity contribution in [1.29, 1.82) is 0 Å². The van der Waals surface area contributed by atoms with Gasteiger partial charge in [0, 0.05) is 30.2 Å². The maximum Gasteiger partial charge on any atom is 0.416 e. The van der Waals surface area contributed by atoms with Crippen molar-refractivity contribution >= 4 is 17.6 Å². The number of halogens is 3. The summed E-state index contributed by atoms with van der Waals surface area (Å²) in [5.74, 6) is 0.880. The first kappa shape index (κ1) is 22.9. The number of nitrogens with zero attached hydrogens (tertiary/aromatic N) is 1. The third-order valence-electron chi connectivity index (χ3n) is 7.73. The van der Waals surface area contributed by atoms with E-state index in [1.54, 1.807) is 0 Å². The van der Waals surface area contributed by atoms with Crippen LogP contribution >= 0.6 is 0 Å². The molecule has 0 unspecified atom stereocenters. The Bertz CT molecular complexity index is 859. The van der Waals surface area contributed by atoms with E-state index in [0.717, 1.165) is 70.0 Å². The molecule has 0 radical (unpaired) electrons. The second kappa shape index (κ2) is 8.94. The van der Waals surface area contributed by atoms with Crippen molar-refractivity contribution < 1.29 is 22.8 Å². The van der Waals surface area contributed by atoms with Crippen LogP contribution in [0.25, 0.3) is 0 Å². The molecular formula is C24H32F3N3O2. The lowest BCUT2D eigenvalue weighted by molar-refractivity contribution is -0.139. The SMILES string of the molecule is CCC[C@H]1[C@@H](NC(=O)Nc2cccc(C(F)(F)F)c2)CC[C@@]23CCCN2C(=O)CCC[C@@H]13. The lowest BCUT2D eigenvalue weighted by atomic mass is 9.61. The van der Waals surface area contributed by atoms with Gasteiger partial charge < -0.3 is 15.5 Å². The molecule has 8 heteroatoms. The van der Waals surface area contributed by atoms with Crippen LogP contribution in [0, 0.1) is 11.8 Å². The molecule has 1 aromatic carbocycles. The van der Waals surface area contributed by atoms with Crippen LogP contribution in [-0.2, 0) is 11.0 Å². The molecule has 3 aliphatic rings. The van der Waals surface area contributed by atoms with E-state index in [-0.39, 0.29) is 29.1 Å². The number of amides is 3. The Labute approximate surface area is 187 Å². The van der Waals surface area contributed by atoms with Gasteiger partial charge in [-0.3, -0.25) is 4.79 Å². The number of anilines is 1. The summed E-state index contributed by atoms with van der Waals surface area (Å²) in [4.78, 5) is 27.6. The molecule has 1 aromatic rings. The molecule has 3 amide bonds. The van der Waals surface area contributed by atoms with Crippen LogP contribution in [0.15, 0.2) is 24.3 Å². The minimum absolute atomic E-state index is 0.0491. The van der Waals surface area contributed by atoms with Gasteiger partial charge in [0.2, 0.25) is 5.91 Å². The van der Waals surface area contributed by atoms with Gasteiger partial charge >= 0.3 is 12.2 Å². The number of carbonyl (C=O) groups is 2. The number of benzene rings is 1. The quantitative estimate of drug-likeness (QED) is 0.629. The molecule has 2 aliphatic heterocycles. The monoisotopic (exact) mass is 451 g/mol. The molecular weight excluding hydrogens is 419 g/mol. The summed E-state index contributed by atoms with van der Waals surface area (Å²) in [5.41, 5.74) is -0.745.